The van der Waals surface area contributed by atoms with Crippen LogP contribution in [0.15, 0.2) is 152 Å². The van der Waals surface area contributed by atoms with E-state index in [0.717, 1.165) is 11.4 Å². The van der Waals surface area contributed by atoms with Crippen molar-refractivity contribution in [2.75, 3.05) is 4.90 Å². The second-order valence-electron chi connectivity index (χ2n) is 15.7. The van der Waals surface area contributed by atoms with Crippen molar-refractivity contribution in [1.82, 2.24) is 0 Å². The van der Waals surface area contributed by atoms with Crippen LogP contribution in [0.4, 0.5) is 17.1 Å². The Kier molecular flexibility index (Phi) is 5.58. The minimum Gasteiger partial charge on any atom is -0.310 e. The number of nitrogens with zero attached hydrogens (tertiary/aromatic N) is 1. The van der Waals surface area contributed by atoms with Crippen molar-refractivity contribution in [2.24, 2.45) is 0 Å². The Morgan fingerprint density at radius 1 is 0.373 bits per heavy atom. The SMILES string of the molecule is CC1(C)c2cc(N(c3ccccc3)c3ccc4ccccc4c3)ccc2-c2c1c1ccc3c4c(cc5cccc2c5c14)-c1ccccc1C3(C)C. The standard InChI is InChI=1S/C50H37N/c1-49(2)41-20-11-10-18-36(41)40-28-32-15-12-19-38-44(32)47-39(25-26-42(49)46(40)47)48-45(38)37-24-23-35(29-43(37)50(48,3)4)51(33-16-6-5-7-17-33)34-22-21-30-13-8-9-14-31(30)27-34/h5-29H,1-4H3. The number of fused-ring (bicyclic) bond motifs is 8. The van der Waals surface area contributed by atoms with E-state index in [4.69, 9.17) is 0 Å². The summed E-state index contributed by atoms with van der Waals surface area (Å²) in [6, 6.07) is 56.9. The van der Waals surface area contributed by atoms with E-state index in [1.165, 1.54) is 93.3 Å². The Balaban J connectivity index is 1.19. The molecule has 0 saturated carbocycles. The Morgan fingerprint density at radius 3 is 1.96 bits per heavy atom. The molecule has 1 nitrogen and oxygen atoms in total. The van der Waals surface area contributed by atoms with Gasteiger partial charge >= 0.3 is 0 Å². The molecule has 0 N–H and O–H groups in total. The van der Waals surface area contributed by atoms with Gasteiger partial charge in [-0.2, -0.15) is 0 Å². The van der Waals surface area contributed by atoms with Gasteiger partial charge in [-0.25, -0.2) is 0 Å². The fourth-order valence-electron chi connectivity index (χ4n) is 9.98. The quantitative estimate of drug-likeness (QED) is 0.172. The summed E-state index contributed by atoms with van der Waals surface area (Å²) < 4.78 is 0. The molecule has 0 heterocycles. The van der Waals surface area contributed by atoms with Gasteiger partial charge in [0, 0.05) is 27.9 Å². The zero-order valence-electron chi connectivity index (χ0n) is 29.4. The second kappa shape index (κ2) is 9.86. The molecule has 0 aromatic heterocycles. The van der Waals surface area contributed by atoms with Crippen LogP contribution in [0.5, 0.6) is 0 Å². The topological polar surface area (TPSA) is 3.24 Å². The van der Waals surface area contributed by atoms with Crippen LogP contribution in [0.2, 0.25) is 0 Å². The number of para-hydroxylation sites is 1. The van der Waals surface area contributed by atoms with Crippen molar-refractivity contribution in [2.45, 2.75) is 38.5 Å². The van der Waals surface area contributed by atoms with E-state index in [2.05, 4.69) is 184 Å². The Bertz CT molecular complexity index is 2910. The predicted octanol–water partition coefficient (Wildman–Crippen LogP) is 13.8. The average Bonchev–Trinajstić information content (AvgIpc) is 3.40. The molecule has 0 saturated heterocycles. The molecule has 51 heavy (non-hydrogen) atoms. The fraction of sp³-hybridized carbons (Fsp3) is 0.120. The van der Waals surface area contributed by atoms with Crippen LogP contribution in [0.3, 0.4) is 0 Å². The third-order valence-electron chi connectivity index (χ3n) is 12.3. The minimum atomic E-state index is -0.214. The molecule has 0 fully saturated rings. The molecule has 2 aliphatic rings. The highest BCUT2D eigenvalue weighted by molar-refractivity contribution is 6.32. The maximum absolute atomic E-state index is 2.47. The fourth-order valence-corrected chi connectivity index (χ4v) is 9.98. The van der Waals surface area contributed by atoms with Gasteiger partial charge in [0.15, 0.2) is 0 Å². The highest BCUT2D eigenvalue weighted by Crippen LogP contribution is 2.59. The van der Waals surface area contributed by atoms with Crippen LogP contribution in [0.1, 0.15) is 49.9 Å². The van der Waals surface area contributed by atoms with E-state index >= 15 is 0 Å². The molecule has 11 rings (SSSR count). The first-order valence-electron chi connectivity index (χ1n) is 18.2. The van der Waals surface area contributed by atoms with Crippen LogP contribution in [-0.4, -0.2) is 0 Å². The summed E-state index contributed by atoms with van der Waals surface area (Å²) in [6.07, 6.45) is 0. The lowest BCUT2D eigenvalue weighted by Crippen LogP contribution is -2.24. The molecule has 0 bridgehead atoms. The number of hydrogen-bond donors (Lipinski definition) is 0. The molecular weight excluding hydrogens is 615 g/mol. The number of rotatable bonds is 3. The largest absolute Gasteiger partial charge is 0.310 e. The molecule has 0 unspecified atom stereocenters. The molecule has 0 aliphatic heterocycles. The second-order valence-corrected chi connectivity index (χ2v) is 15.7. The summed E-state index contributed by atoms with van der Waals surface area (Å²) in [7, 11) is 0. The van der Waals surface area contributed by atoms with Crippen molar-refractivity contribution in [1.29, 1.82) is 0 Å². The lowest BCUT2D eigenvalue weighted by atomic mass is 9.66. The van der Waals surface area contributed by atoms with Crippen molar-refractivity contribution >= 4 is 60.2 Å². The van der Waals surface area contributed by atoms with Gasteiger partial charge in [-0.3, -0.25) is 0 Å². The molecular formula is C50H37N. The zero-order valence-corrected chi connectivity index (χ0v) is 29.4. The van der Waals surface area contributed by atoms with Gasteiger partial charge in [0.05, 0.1) is 0 Å². The van der Waals surface area contributed by atoms with E-state index in [0.29, 0.717) is 0 Å². The van der Waals surface area contributed by atoms with E-state index in [-0.39, 0.29) is 10.8 Å². The molecule has 0 spiro atoms. The van der Waals surface area contributed by atoms with Crippen LogP contribution >= 0.6 is 0 Å². The van der Waals surface area contributed by atoms with Crippen LogP contribution in [0.25, 0.3) is 65.3 Å². The Labute approximate surface area is 298 Å². The van der Waals surface area contributed by atoms with Gasteiger partial charge in [-0.1, -0.05) is 137 Å². The summed E-state index contributed by atoms with van der Waals surface area (Å²) >= 11 is 0. The first kappa shape index (κ1) is 28.9. The number of anilines is 3. The lowest BCUT2D eigenvalue weighted by molar-refractivity contribution is 0.645. The van der Waals surface area contributed by atoms with E-state index in [1.807, 2.05) is 0 Å². The van der Waals surface area contributed by atoms with Crippen molar-refractivity contribution in [3.63, 3.8) is 0 Å². The van der Waals surface area contributed by atoms with Gasteiger partial charge < -0.3 is 4.90 Å². The van der Waals surface area contributed by atoms with E-state index < -0.39 is 0 Å². The zero-order chi connectivity index (χ0) is 34.2. The highest BCUT2D eigenvalue weighted by atomic mass is 15.1. The van der Waals surface area contributed by atoms with Crippen LogP contribution in [-0.2, 0) is 10.8 Å². The van der Waals surface area contributed by atoms with Crippen LogP contribution in [0, 0.1) is 0 Å². The molecule has 0 atom stereocenters. The average molecular weight is 652 g/mol. The maximum Gasteiger partial charge on any atom is 0.0468 e. The Hall–Kier alpha value is -5.92. The van der Waals surface area contributed by atoms with Crippen molar-refractivity contribution in [3.05, 3.63) is 174 Å². The first-order valence-corrected chi connectivity index (χ1v) is 18.2. The molecule has 1 heteroatoms. The molecule has 9 aromatic rings. The van der Waals surface area contributed by atoms with Gasteiger partial charge in [0.2, 0.25) is 0 Å². The third-order valence-corrected chi connectivity index (χ3v) is 12.3. The predicted molar refractivity (Wildman–Crippen MR) is 217 cm³/mol. The van der Waals surface area contributed by atoms with Crippen LogP contribution < -0.4 is 4.90 Å². The third kappa shape index (κ3) is 3.71. The van der Waals surface area contributed by atoms with Gasteiger partial charge in [0.1, 0.15) is 0 Å². The summed E-state index contributed by atoms with van der Waals surface area (Å²) in [5.74, 6) is 0. The minimum absolute atomic E-state index is 0.0911. The Morgan fingerprint density at radius 2 is 1.10 bits per heavy atom. The number of hydrogen-bond acceptors (Lipinski definition) is 1. The van der Waals surface area contributed by atoms with E-state index in [9.17, 15) is 0 Å². The maximum atomic E-state index is 2.47. The summed E-state index contributed by atoms with van der Waals surface area (Å²) in [4.78, 5) is 2.42. The summed E-state index contributed by atoms with van der Waals surface area (Å²) in [5, 5.41) is 10.8. The molecule has 2 aliphatic carbocycles. The van der Waals surface area contributed by atoms with Gasteiger partial charge in [-0.15, -0.1) is 0 Å². The molecule has 9 aromatic carbocycles. The van der Waals surface area contributed by atoms with Gasteiger partial charge in [-0.05, 0) is 130 Å². The van der Waals surface area contributed by atoms with Gasteiger partial charge in [0.25, 0.3) is 0 Å². The van der Waals surface area contributed by atoms with Crippen molar-refractivity contribution in [3.8, 4) is 22.3 Å². The summed E-state index contributed by atoms with van der Waals surface area (Å²) in [6.45, 7) is 9.70. The molecule has 0 amide bonds. The van der Waals surface area contributed by atoms with Crippen molar-refractivity contribution < 1.29 is 0 Å². The summed E-state index contributed by atoms with van der Waals surface area (Å²) in [5.41, 5.74) is 14.3. The lowest BCUT2D eigenvalue weighted by Gasteiger charge is -2.36. The molecule has 242 valence electrons. The number of benzene rings is 9. The monoisotopic (exact) mass is 651 g/mol. The van der Waals surface area contributed by atoms with E-state index in [1.54, 1.807) is 0 Å². The smallest absolute Gasteiger partial charge is 0.0468 e. The first-order chi connectivity index (χ1) is 24.8. The molecule has 0 radical (unpaired) electrons. The normalized spacial score (nSPS) is 15.0. The highest BCUT2D eigenvalue weighted by Gasteiger charge is 2.41.